The van der Waals surface area contributed by atoms with Crippen LogP contribution in [0.5, 0.6) is 0 Å². The number of aryl methyl sites for hydroxylation is 1. The van der Waals surface area contributed by atoms with E-state index >= 15 is 0 Å². The van der Waals surface area contributed by atoms with Crippen LogP contribution in [0, 0.1) is 12.8 Å². The van der Waals surface area contributed by atoms with Crippen molar-refractivity contribution in [2.24, 2.45) is 5.92 Å². The predicted octanol–water partition coefficient (Wildman–Crippen LogP) is 2.93. The lowest BCUT2D eigenvalue weighted by Gasteiger charge is -2.23. The smallest absolute Gasteiger partial charge is 0.223 e. The molecular weight excluding hydrogens is 270 g/mol. The van der Waals surface area contributed by atoms with Crippen molar-refractivity contribution in [1.82, 2.24) is 15.3 Å². The topological polar surface area (TPSA) is 54.9 Å². The second kappa shape index (κ2) is 5.71. The van der Waals surface area contributed by atoms with E-state index in [1.54, 1.807) is 17.5 Å². The molecule has 0 atom stereocenters. The van der Waals surface area contributed by atoms with Gasteiger partial charge in [-0.05, 0) is 31.9 Å². The van der Waals surface area contributed by atoms with Crippen LogP contribution in [0.1, 0.15) is 29.8 Å². The van der Waals surface area contributed by atoms with Crippen molar-refractivity contribution in [2.45, 2.75) is 32.7 Å². The van der Waals surface area contributed by atoms with E-state index in [-0.39, 0.29) is 11.8 Å². The second-order valence-electron chi connectivity index (χ2n) is 5.11. The van der Waals surface area contributed by atoms with Crippen molar-refractivity contribution in [3.05, 3.63) is 35.1 Å². The zero-order valence-electron chi connectivity index (χ0n) is 11.4. The van der Waals surface area contributed by atoms with Crippen LogP contribution >= 0.6 is 11.3 Å². The summed E-state index contributed by atoms with van der Waals surface area (Å²) in [6, 6.07) is 3.91. The van der Waals surface area contributed by atoms with Crippen LogP contribution in [0.25, 0.3) is 10.6 Å². The highest BCUT2D eigenvalue weighted by Gasteiger charge is 2.25. The number of nitrogens with zero attached hydrogens (tertiary/aromatic N) is 2. The third-order valence-corrected chi connectivity index (χ3v) is 4.91. The monoisotopic (exact) mass is 287 g/mol. The number of pyridine rings is 1. The van der Waals surface area contributed by atoms with E-state index in [4.69, 9.17) is 0 Å². The molecule has 1 aliphatic carbocycles. The average Bonchev–Trinajstić information content (AvgIpc) is 2.77. The Morgan fingerprint density at radius 1 is 1.50 bits per heavy atom. The fourth-order valence-corrected chi connectivity index (χ4v) is 3.18. The van der Waals surface area contributed by atoms with Gasteiger partial charge in [-0.25, -0.2) is 4.98 Å². The van der Waals surface area contributed by atoms with Crippen LogP contribution in [0.15, 0.2) is 24.5 Å². The molecule has 5 heteroatoms. The summed E-state index contributed by atoms with van der Waals surface area (Å²) >= 11 is 1.63. The Balaban J connectivity index is 1.68. The van der Waals surface area contributed by atoms with Gasteiger partial charge in [0, 0.05) is 28.8 Å². The molecule has 1 N–H and O–H groups in total. The molecule has 0 radical (unpaired) electrons. The van der Waals surface area contributed by atoms with Gasteiger partial charge < -0.3 is 5.32 Å². The highest BCUT2D eigenvalue weighted by molar-refractivity contribution is 7.15. The fourth-order valence-electron chi connectivity index (χ4n) is 2.19. The molecule has 4 nitrogen and oxygen atoms in total. The SMILES string of the molecule is Cc1nc(-c2cccnc2)sc1CNC(=O)C1CCC1. The van der Waals surface area contributed by atoms with Gasteiger partial charge in [0.1, 0.15) is 5.01 Å². The van der Waals surface area contributed by atoms with Gasteiger partial charge in [-0.3, -0.25) is 9.78 Å². The van der Waals surface area contributed by atoms with Gasteiger partial charge in [0.25, 0.3) is 0 Å². The minimum atomic E-state index is 0.187. The van der Waals surface area contributed by atoms with Crippen molar-refractivity contribution < 1.29 is 4.79 Å². The van der Waals surface area contributed by atoms with E-state index in [0.717, 1.165) is 34.0 Å². The number of carbonyl (C=O) groups is 1. The second-order valence-corrected chi connectivity index (χ2v) is 6.20. The first-order valence-electron chi connectivity index (χ1n) is 6.88. The third kappa shape index (κ3) is 2.72. The first kappa shape index (κ1) is 13.2. The molecule has 2 aromatic heterocycles. The normalized spacial score (nSPS) is 14.8. The third-order valence-electron chi connectivity index (χ3n) is 3.70. The molecule has 1 amide bonds. The number of carbonyl (C=O) groups excluding carboxylic acids is 1. The Bertz CT molecular complexity index is 605. The molecule has 3 rings (SSSR count). The molecule has 20 heavy (non-hydrogen) atoms. The molecule has 0 spiro atoms. The number of aromatic nitrogens is 2. The predicted molar refractivity (Wildman–Crippen MR) is 79.3 cm³/mol. The van der Waals surface area contributed by atoms with Gasteiger partial charge in [-0.2, -0.15) is 0 Å². The Labute approximate surface area is 122 Å². The lowest BCUT2D eigenvalue weighted by molar-refractivity contribution is -0.127. The zero-order valence-corrected chi connectivity index (χ0v) is 12.2. The maximum atomic E-state index is 11.8. The lowest BCUT2D eigenvalue weighted by Crippen LogP contribution is -2.33. The molecule has 2 aromatic rings. The van der Waals surface area contributed by atoms with Crippen molar-refractivity contribution in [2.75, 3.05) is 0 Å². The Morgan fingerprint density at radius 3 is 3.00 bits per heavy atom. The zero-order chi connectivity index (χ0) is 13.9. The molecule has 0 aromatic carbocycles. The van der Waals surface area contributed by atoms with E-state index in [0.29, 0.717) is 6.54 Å². The number of hydrogen-bond acceptors (Lipinski definition) is 4. The van der Waals surface area contributed by atoms with Gasteiger partial charge in [-0.15, -0.1) is 11.3 Å². The number of rotatable bonds is 4. The van der Waals surface area contributed by atoms with Crippen LogP contribution in [-0.4, -0.2) is 15.9 Å². The summed E-state index contributed by atoms with van der Waals surface area (Å²) in [5.41, 5.74) is 2.01. The van der Waals surface area contributed by atoms with E-state index in [2.05, 4.69) is 15.3 Å². The van der Waals surface area contributed by atoms with Crippen molar-refractivity contribution in [3.8, 4) is 10.6 Å². The number of amides is 1. The average molecular weight is 287 g/mol. The summed E-state index contributed by atoms with van der Waals surface area (Å²) in [5.74, 6) is 0.424. The van der Waals surface area contributed by atoms with E-state index in [1.807, 2.05) is 25.3 Å². The summed E-state index contributed by atoms with van der Waals surface area (Å²) in [5, 5.41) is 3.98. The maximum absolute atomic E-state index is 11.8. The molecule has 2 heterocycles. The fraction of sp³-hybridized carbons (Fsp3) is 0.400. The molecule has 0 bridgehead atoms. The molecule has 0 saturated heterocycles. The summed E-state index contributed by atoms with van der Waals surface area (Å²) < 4.78 is 0. The largest absolute Gasteiger partial charge is 0.351 e. The van der Waals surface area contributed by atoms with Crippen molar-refractivity contribution in [3.63, 3.8) is 0 Å². The quantitative estimate of drug-likeness (QED) is 0.940. The summed E-state index contributed by atoms with van der Waals surface area (Å²) in [6.07, 6.45) is 6.82. The van der Waals surface area contributed by atoms with Gasteiger partial charge in [0.15, 0.2) is 0 Å². The minimum Gasteiger partial charge on any atom is -0.351 e. The molecular formula is C15H17N3OS. The number of thiazole rings is 1. The van der Waals surface area contributed by atoms with Crippen LogP contribution in [0.2, 0.25) is 0 Å². The number of hydrogen-bond donors (Lipinski definition) is 1. The van der Waals surface area contributed by atoms with Crippen molar-refractivity contribution >= 4 is 17.2 Å². The Morgan fingerprint density at radius 2 is 2.35 bits per heavy atom. The Kier molecular flexibility index (Phi) is 3.78. The molecule has 1 aliphatic rings. The number of nitrogens with one attached hydrogen (secondary N) is 1. The highest BCUT2D eigenvalue weighted by atomic mass is 32.1. The highest BCUT2D eigenvalue weighted by Crippen LogP contribution is 2.28. The summed E-state index contributed by atoms with van der Waals surface area (Å²) in [6.45, 7) is 2.57. The molecule has 0 unspecified atom stereocenters. The molecule has 1 saturated carbocycles. The van der Waals surface area contributed by atoms with Crippen LogP contribution in [0.4, 0.5) is 0 Å². The summed E-state index contributed by atoms with van der Waals surface area (Å²) in [7, 11) is 0. The first-order valence-corrected chi connectivity index (χ1v) is 7.70. The van der Waals surface area contributed by atoms with Gasteiger partial charge in [-0.1, -0.05) is 6.42 Å². The Hall–Kier alpha value is -1.75. The van der Waals surface area contributed by atoms with Crippen LogP contribution < -0.4 is 5.32 Å². The summed E-state index contributed by atoms with van der Waals surface area (Å²) in [4.78, 5) is 21.6. The van der Waals surface area contributed by atoms with Gasteiger partial charge in [0.2, 0.25) is 5.91 Å². The van der Waals surface area contributed by atoms with E-state index in [1.165, 1.54) is 6.42 Å². The molecule has 0 aliphatic heterocycles. The lowest BCUT2D eigenvalue weighted by atomic mass is 9.85. The standard InChI is InChI=1S/C15H17N3OS/c1-10-13(9-17-14(19)11-4-2-5-11)20-15(18-10)12-6-3-7-16-8-12/h3,6-8,11H,2,4-5,9H2,1H3,(H,17,19). The van der Waals surface area contributed by atoms with E-state index in [9.17, 15) is 4.79 Å². The molecule has 1 fully saturated rings. The van der Waals surface area contributed by atoms with Gasteiger partial charge in [0.05, 0.1) is 12.2 Å². The van der Waals surface area contributed by atoms with E-state index < -0.39 is 0 Å². The van der Waals surface area contributed by atoms with Crippen molar-refractivity contribution in [1.29, 1.82) is 0 Å². The molecule has 104 valence electrons. The van der Waals surface area contributed by atoms with Gasteiger partial charge >= 0.3 is 0 Å². The minimum absolute atomic E-state index is 0.187. The first-order chi connectivity index (χ1) is 9.74. The van der Waals surface area contributed by atoms with Crippen LogP contribution in [-0.2, 0) is 11.3 Å². The maximum Gasteiger partial charge on any atom is 0.223 e. The van der Waals surface area contributed by atoms with Crippen LogP contribution in [0.3, 0.4) is 0 Å².